The molecule has 0 spiro atoms. The first-order valence-corrected chi connectivity index (χ1v) is 8.59. The average molecular weight is 366 g/mol. The summed E-state index contributed by atoms with van der Waals surface area (Å²) in [7, 11) is 3.32. The van der Waals surface area contributed by atoms with E-state index in [1.807, 2.05) is 48.5 Å². The zero-order valence-electron chi connectivity index (χ0n) is 15.6. The molecule has 0 bridgehead atoms. The minimum atomic E-state index is -0.199. The Morgan fingerprint density at radius 1 is 1.07 bits per heavy atom. The van der Waals surface area contributed by atoms with E-state index < -0.39 is 0 Å². The summed E-state index contributed by atoms with van der Waals surface area (Å²) < 4.78 is 16.3. The van der Waals surface area contributed by atoms with Crippen molar-refractivity contribution in [2.75, 3.05) is 14.2 Å². The maximum absolute atomic E-state index is 12.4. The second kappa shape index (κ2) is 8.40. The Labute approximate surface area is 158 Å². The molecule has 0 saturated carbocycles. The second-order valence-electron chi connectivity index (χ2n) is 6.24. The summed E-state index contributed by atoms with van der Waals surface area (Å²) in [5.74, 6) is 1.69. The predicted molar refractivity (Wildman–Crippen MR) is 101 cm³/mol. The number of aromatic nitrogens is 1. The average Bonchev–Trinajstić information content (AvgIpc) is 3.13. The molecule has 2 aromatic carbocycles. The lowest BCUT2D eigenvalue weighted by molar-refractivity contribution is 0.0774. The molecule has 0 aliphatic rings. The van der Waals surface area contributed by atoms with E-state index in [2.05, 4.69) is 5.16 Å². The van der Waals surface area contributed by atoms with E-state index in [4.69, 9.17) is 14.0 Å². The number of nitrogens with zero attached hydrogens (tertiary/aromatic N) is 2. The van der Waals surface area contributed by atoms with Gasteiger partial charge in [0.15, 0.2) is 17.2 Å². The summed E-state index contributed by atoms with van der Waals surface area (Å²) in [5.41, 5.74) is 2.30. The molecular formula is C21H22N2O4. The van der Waals surface area contributed by atoms with E-state index in [9.17, 15) is 4.79 Å². The van der Waals surface area contributed by atoms with Crippen LogP contribution in [0, 0.1) is 6.92 Å². The van der Waals surface area contributed by atoms with Crippen LogP contribution < -0.4 is 9.47 Å². The van der Waals surface area contributed by atoms with Crippen LogP contribution in [0.3, 0.4) is 0 Å². The molecule has 0 atom stereocenters. The molecule has 0 radical (unpaired) electrons. The van der Waals surface area contributed by atoms with Gasteiger partial charge < -0.3 is 18.9 Å². The molecule has 6 nitrogen and oxygen atoms in total. The molecule has 0 aliphatic heterocycles. The maximum Gasteiger partial charge on any atom is 0.276 e. The lowest BCUT2D eigenvalue weighted by Crippen LogP contribution is -2.26. The van der Waals surface area contributed by atoms with E-state index in [0.717, 1.165) is 11.1 Å². The van der Waals surface area contributed by atoms with Gasteiger partial charge in [-0.1, -0.05) is 41.6 Å². The van der Waals surface area contributed by atoms with Crippen molar-refractivity contribution in [2.45, 2.75) is 20.1 Å². The highest BCUT2D eigenvalue weighted by molar-refractivity contribution is 5.92. The molecule has 3 rings (SSSR count). The number of carbonyl (C=O) groups is 1. The Balaban J connectivity index is 1.67. The van der Waals surface area contributed by atoms with Gasteiger partial charge >= 0.3 is 0 Å². The van der Waals surface area contributed by atoms with Crippen molar-refractivity contribution in [1.29, 1.82) is 0 Å². The molecule has 6 heteroatoms. The normalized spacial score (nSPS) is 10.5. The van der Waals surface area contributed by atoms with Gasteiger partial charge in [0.25, 0.3) is 5.91 Å². The number of aryl methyl sites for hydroxylation is 1. The smallest absolute Gasteiger partial charge is 0.276 e. The lowest BCUT2D eigenvalue weighted by atomic mass is 10.2. The Morgan fingerprint density at radius 3 is 2.52 bits per heavy atom. The fourth-order valence-corrected chi connectivity index (χ4v) is 2.67. The van der Waals surface area contributed by atoms with Crippen LogP contribution in [0.15, 0.2) is 59.1 Å². The molecule has 0 N–H and O–H groups in total. The molecule has 0 unspecified atom stereocenters. The van der Waals surface area contributed by atoms with Crippen LogP contribution in [-0.2, 0) is 13.2 Å². The highest BCUT2D eigenvalue weighted by Crippen LogP contribution is 2.29. The van der Waals surface area contributed by atoms with Crippen molar-refractivity contribution < 1.29 is 18.8 Å². The highest BCUT2D eigenvalue weighted by atomic mass is 16.5. The number of rotatable bonds is 7. The van der Waals surface area contributed by atoms with Crippen molar-refractivity contribution in [1.82, 2.24) is 10.1 Å². The highest BCUT2D eigenvalue weighted by Gasteiger charge is 2.17. The maximum atomic E-state index is 12.4. The third kappa shape index (κ3) is 4.67. The van der Waals surface area contributed by atoms with E-state index >= 15 is 0 Å². The van der Waals surface area contributed by atoms with Gasteiger partial charge in [-0.3, -0.25) is 4.79 Å². The number of methoxy groups -OCH3 is 1. The number of hydrogen-bond donors (Lipinski definition) is 0. The van der Waals surface area contributed by atoms with Crippen molar-refractivity contribution >= 4 is 5.91 Å². The van der Waals surface area contributed by atoms with Gasteiger partial charge in [0.05, 0.1) is 7.11 Å². The topological polar surface area (TPSA) is 64.8 Å². The number of hydrogen-bond acceptors (Lipinski definition) is 5. The van der Waals surface area contributed by atoms with Crippen LogP contribution >= 0.6 is 0 Å². The van der Waals surface area contributed by atoms with Crippen LogP contribution in [0.1, 0.15) is 27.4 Å². The molecule has 1 heterocycles. The minimum absolute atomic E-state index is 0.199. The number of benzene rings is 2. The van der Waals surface area contributed by atoms with Gasteiger partial charge in [0.1, 0.15) is 12.4 Å². The van der Waals surface area contributed by atoms with Crippen LogP contribution in [0.25, 0.3) is 0 Å². The largest absolute Gasteiger partial charge is 0.493 e. The number of carbonyl (C=O) groups excluding carboxylic acids is 1. The predicted octanol–water partition coefficient (Wildman–Crippen LogP) is 3.84. The quantitative estimate of drug-likeness (QED) is 0.636. The molecule has 0 aliphatic carbocycles. The first-order chi connectivity index (χ1) is 13.1. The molecule has 0 fully saturated rings. The monoisotopic (exact) mass is 366 g/mol. The van der Waals surface area contributed by atoms with Gasteiger partial charge in [-0.05, 0) is 30.2 Å². The first kappa shape index (κ1) is 18.5. The molecule has 140 valence electrons. The van der Waals surface area contributed by atoms with E-state index in [1.54, 1.807) is 32.0 Å². The second-order valence-corrected chi connectivity index (χ2v) is 6.24. The third-order valence-electron chi connectivity index (χ3n) is 4.08. The zero-order chi connectivity index (χ0) is 19.2. The van der Waals surface area contributed by atoms with Crippen molar-refractivity contribution in [3.8, 4) is 11.5 Å². The first-order valence-electron chi connectivity index (χ1n) is 8.59. The van der Waals surface area contributed by atoms with E-state index in [1.165, 1.54) is 0 Å². The Morgan fingerprint density at radius 2 is 1.85 bits per heavy atom. The Kier molecular flexibility index (Phi) is 5.76. The van der Waals surface area contributed by atoms with Crippen LogP contribution in [0.2, 0.25) is 0 Å². The van der Waals surface area contributed by atoms with Crippen molar-refractivity contribution in [2.24, 2.45) is 0 Å². The number of ether oxygens (including phenoxy) is 2. The van der Waals surface area contributed by atoms with E-state index in [0.29, 0.717) is 36.1 Å². The van der Waals surface area contributed by atoms with Gasteiger partial charge in [-0.25, -0.2) is 0 Å². The van der Waals surface area contributed by atoms with E-state index in [-0.39, 0.29) is 5.91 Å². The standard InChI is InChI=1S/C21H22N2O4/c1-15-11-18(22-27-15)21(24)23(2)13-17-9-10-19(20(12-17)25-3)26-14-16-7-5-4-6-8-16/h4-12H,13-14H2,1-3H3. The molecule has 3 aromatic rings. The molecule has 0 saturated heterocycles. The molecule has 27 heavy (non-hydrogen) atoms. The van der Waals surface area contributed by atoms with Crippen LogP contribution in [-0.4, -0.2) is 30.1 Å². The molecule has 1 amide bonds. The zero-order valence-corrected chi connectivity index (χ0v) is 15.6. The lowest BCUT2D eigenvalue weighted by Gasteiger charge is -2.17. The Hall–Kier alpha value is -3.28. The van der Waals surface area contributed by atoms with Crippen molar-refractivity contribution in [3.05, 3.63) is 77.2 Å². The third-order valence-corrected chi connectivity index (χ3v) is 4.08. The molecular weight excluding hydrogens is 344 g/mol. The van der Waals surface area contributed by atoms with Crippen LogP contribution in [0.5, 0.6) is 11.5 Å². The fraction of sp³-hybridized carbons (Fsp3) is 0.238. The van der Waals surface area contributed by atoms with Gasteiger partial charge in [0, 0.05) is 19.7 Å². The summed E-state index contributed by atoms with van der Waals surface area (Å²) in [6, 6.07) is 17.2. The summed E-state index contributed by atoms with van der Waals surface area (Å²) in [6.07, 6.45) is 0. The SMILES string of the molecule is COc1cc(CN(C)C(=O)c2cc(C)on2)ccc1OCc1ccccc1. The van der Waals surface area contributed by atoms with Crippen molar-refractivity contribution in [3.63, 3.8) is 0 Å². The van der Waals surface area contributed by atoms with Gasteiger partial charge in [-0.15, -0.1) is 0 Å². The molecule has 1 aromatic heterocycles. The summed E-state index contributed by atoms with van der Waals surface area (Å²) in [5, 5.41) is 3.77. The van der Waals surface area contributed by atoms with Gasteiger partial charge in [0.2, 0.25) is 0 Å². The minimum Gasteiger partial charge on any atom is -0.493 e. The Bertz CT molecular complexity index is 906. The summed E-state index contributed by atoms with van der Waals surface area (Å²) in [6.45, 7) is 2.63. The fourth-order valence-electron chi connectivity index (χ4n) is 2.67. The summed E-state index contributed by atoms with van der Waals surface area (Å²) >= 11 is 0. The van der Waals surface area contributed by atoms with Crippen LogP contribution in [0.4, 0.5) is 0 Å². The number of amides is 1. The van der Waals surface area contributed by atoms with Gasteiger partial charge in [-0.2, -0.15) is 0 Å². The summed E-state index contributed by atoms with van der Waals surface area (Å²) in [4.78, 5) is 14.0.